The van der Waals surface area contributed by atoms with Gasteiger partial charge in [0.1, 0.15) is 5.52 Å². The predicted molar refractivity (Wildman–Crippen MR) is 126 cm³/mol. The quantitative estimate of drug-likeness (QED) is 0.459. The smallest absolute Gasteiger partial charge is 0.339 e. The number of fused-ring (bicyclic) bond motifs is 2. The molecule has 8 nitrogen and oxygen atoms in total. The van der Waals surface area contributed by atoms with Gasteiger partial charge >= 0.3 is 5.97 Å². The Labute approximate surface area is 195 Å². The molecule has 1 fully saturated rings. The van der Waals surface area contributed by atoms with Crippen molar-refractivity contribution in [3.05, 3.63) is 66.2 Å². The molecule has 2 amide bonds. The van der Waals surface area contributed by atoms with E-state index in [1.54, 1.807) is 17.0 Å². The minimum Gasteiger partial charge on any atom is -0.452 e. The lowest BCUT2D eigenvalue weighted by Gasteiger charge is -2.30. The highest BCUT2D eigenvalue weighted by molar-refractivity contribution is 6.10. The van der Waals surface area contributed by atoms with Crippen molar-refractivity contribution >= 4 is 39.7 Å². The van der Waals surface area contributed by atoms with E-state index in [-0.39, 0.29) is 24.3 Å². The third kappa shape index (κ3) is 4.10. The van der Waals surface area contributed by atoms with E-state index in [4.69, 9.17) is 14.9 Å². The first-order chi connectivity index (χ1) is 16.5. The molecule has 5 rings (SSSR count). The van der Waals surface area contributed by atoms with Crippen LogP contribution in [0.3, 0.4) is 0 Å². The van der Waals surface area contributed by atoms with Gasteiger partial charge in [-0.05, 0) is 42.5 Å². The summed E-state index contributed by atoms with van der Waals surface area (Å²) in [6.07, 6.45) is 1.04. The van der Waals surface area contributed by atoms with Crippen LogP contribution in [0.15, 0.2) is 65.1 Å². The number of hydrogen-bond donors (Lipinski definition) is 1. The summed E-state index contributed by atoms with van der Waals surface area (Å²) in [6.45, 7) is 0.460. The number of likely N-dealkylation sites (tertiary alicyclic amines) is 1. The minimum absolute atomic E-state index is 0.215. The van der Waals surface area contributed by atoms with E-state index in [1.165, 1.54) is 0 Å². The van der Waals surface area contributed by atoms with Crippen LogP contribution >= 0.6 is 0 Å². The number of carbonyl (C=O) groups is 3. The van der Waals surface area contributed by atoms with Crippen molar-refractivity contribution in [2.45, 2.75) is 12.8 Å². The molecule has 0 unspecified atom stereocenters. The van der Waals surface area contributed by atoms with Crippen LogP contribution in [0.5, 0.6) is 0 Å². The SMILES string of the molecule is NC(=O)C1CCN(C(=O)COC(=O)c2cccc3cccc(-c4nc5ccccc5o4)c23)CC1. The van der Waals surface area contributed by atoms with Crippen molar-refractivity contribution in [3.63, 3.8) is 0 Å². The first kappa shape index (κ1) is 21.6. The fraction of sp³-hybridized carbons (Fsp3) is 0.231. The standard InChI is InChI=1S/C26H23N3O5/c27-24(31)17-11-13-29(14-12-17)22(30)15-33-26(32)19-8-4-6-16-5-3-7-18(23(16)19)25-28-20-9-1-2-10-21(20)34-25/h1-10,17H,11-15H2,(H2,27,31). The van der Waals surface area contributed by atoms with Gasteiger partial charge < -0.3 is 19.8 Å². The van der Waals surface area contributed by atoms with Crippen molar-refractivity contribution in [1.82, 2.24) is 9.88 Å². The molecule has 8 heteroatoms. The number of esters is 1. The second-order valence-electron chi connectivity index (χ2n) is 8.33. The van der Waals surface area contributed by atoms with Gasteiger partial charge in [0.05, 0.1) is 5.56 Å². The fourth-order valence-corrected chi connectivity index (χ4v) is 4.39. The summed E-state index contributed by atoms with van der Waals surface area (Å²) in [5.41, 5.74) is 7.72. The lowest BCUT2D eigenvalue weighted by molar-refractivity contribution is -0.137. The number of oxazole rings is 1. The summed E-state index contributed by atoms with van der Waals surface area (Å²) in [7, 11) is 0. The zero-order valence-corrected chi connectivity index (χ0v) is 18.4. The van der Waals surface area contributed by atoms with Crippen LogP contribution < -0.4 is 5.73 Å². The van der Waals surface area contributed by atoms with Crippen LogP contribution in [-0.4, -0.2) is 47.4 Å². The predicted octanol–water partition coefficient (Wildman–Crippen LogP) is 3.53. The Kier molecular flexibility index (Phi) is 5.71. The third-order valence-corrected chi connectivity index (χ3v) is 6.23. The van der Waals surface area contributed by atoms with Crippen LogP contribution in [-0.2, 0) is 14.3 Å². The van der Waals surface area contributed by atoms with Gasteiger partial charge in [0.25, 0.3) is 5.91 Å². The van der Waals surface area contributed by atoms with Gasteiger partial charge in [-0.2, -0.15) is 0 Å². The third-order valence-electron chi connectivity index (χ3n) is 6.23. The van der Waals surface area contributed by atoms with Crippen molar-refractivity contribution < 1.29 is 23.5 Å². The summed E-state index contributed by atoms with van der Waals surface area (Å²) < 4.78 is 11.3. The molecule has 34 heavy (non-hydrogen) atoms. The van der Waals surface area contributed by atoms with Crippen LogP contribution in [0.25, 0.3) is 33.3 Å². The maximum atomic E-state index is 13.0. The summed E-state index contributed by atoms with van der Waals surface area (Å²) in [4.78, 5) is 43.1. The Hall–Kier alpha value is -4.20. The number of hydrogen-bond acceptors (Lipinski definition) is 6. The Morgan fingerprint density at radius 2 is 1.74 bits per heavy atom. The zero-order chi connectivity index (χ0) is 23.7. The van der Waals surface area contributed by atoms with Crippen molar-refractivity contribution in [2.24, 2.45) is 11.7 Å². The summed E-state index contributed by atoms with van der Waals surface area (Å²) in [6, 6.07) is 18.4. The van der Waals surface area contributed by atoms with Crippen LogP contribution in [0.2, 0.25) is 0 Å². The van der Waals surface area contributed by atoms with Gasteiger partial charge in [-0.1, -0.05) is 36.4 Å². The van der Waals surface area contributed by atoms with Gasteiger partial charge in [0, 0.05) is 30.0 Å². The van der Waals surface area contributed by atoms with Gasteiger partial charge in [-0.25, -0.2) is 9.78 Å². The molecule has 0 atom stereocenters. The molecule has 0 aliphatic carbocycles. The maximum Gasteiger partial charge on any atom is 0.339 e. The number of para-hydroxylation sites is 2. The first-order valence-corrected chi connectivity index (χ1v) is 11.1. The zero-order valence-electron chi connectivity index (χ0n) is 18.4. The number of primary amides is 1. The number of piperidine rings is 1. The first-order valence-electron chi connectivity index (χ1n) is 11.1. The molecule has 172 valence electrons. The molecule has 3 aromatic carbocycles. The number of rotatable bonds is 5. The van der Waals surface area contributed by atoms with Gasteiger partial charge in [-0.3, -0.25) is 9.59 Å². The van der Waals surface area contributed by atoms with E-state index in [9.17, 15) is 14.4 Å². The highest BCUT2D eigenvalue weighted by atomic mass is 16.5. The number of carbonyl (C=O) groups excluding carboxylic acids is 3. The summed E-state index contributed by atoms with van der Waals surface area (Å²) in [5, 5.41) is 1.48. The highest BCUT2D eigenvalue weighted by Crippen LogP contribution is 2.33. The lowest BCUT2D eigenvalue weighted by Crippen LogP contribution is -2.43. The van der Waals surface area contributed by atoms with Gasteiger partial charge in [-0.15, -0.1) is 0 Å². The molecule has 0 bridgehead atoms. The van der Waals surface area contributed by atoms with E-state index in [0.717, 1.165) is 10.9 Å². The molecule has 0 spiro atoms. The van der Waals surface area contributed by atoms with Gasteiger partial charge in [0.2, 0.25) is 11.8 Å². The molecule has 0 saturated carbocycles. The molecule has 1 saturated heterocycles. The van der Waals surface area contributed by atoms with Crippen LogP contribution in [0, 0.1) is 5.92 Å². The second kappa shape index (κ2) is 8.97. The molecular formula is C26H23N3O5. The average molecular weight is 457 g/mol. The molecule has 2 heterocycles. The fourth-order valence-electron chi connectivity index (χ4n) is 4.39. The number of benzene rings is 3. The maximum absolute atomic E-state index is 13.0. The molecule has 1 aliphatic rings. The second-order valence-corrected chi connectivity index (χ2v) is 8.33. The topological polar surface area (TPSA) is 116 Å². The minimum atomic E-state index is -0.602. The molecular weight excluding hydrogens is 434 g/mol. The molecule has 4 aromatic rings. The molecule has 2 N–H and O–H groups in total. The molecule has 1 aromatic heterocycles. The normalized spacial score (nSPS) is 14.4. The van der Waals surface area contributed by atoms with Crippen LogP contribution in [0.4, 0.5) is 0 Å². The van der Waals surface area contributed by atoms with E-state index in [0.29, 0.717) is 53.9 Å². The lowest BCUT2D eigenvalue weighted by atomic mass is 9.96. The average Bonchev–Trinajstić information content (AvgIpc) is 3.30. The van der Waals surface area contributed by atoms with Crippen molar-refractivity contribution in [1.29, 1.82) is 0 Å². The Morgan fingerprint density at radius 3 is 2.47 bits per heavy atom. The van der Waals surface area contributed by atoms with Crippen LogP contribution in [0.1, 0.15) is 23.2 Å². The highest BCUT2D eigenvalue weighted by Gasteiger charge is 2.27. The number of aromatic nitrogens is 1. The van der Waals surface area contributed by atoms with E-state index in [1.807, 2.05) is 48.5 Å². The van der Waals surface area contributed by atoms with E-state index >= 15 is 0 Å². The number of ether oxygens (including phenoxy) is 1. The number of nitrogens with zero attached hydrogens (tertiary/aromatic N) is 2. The van der Waals surface area contributed by atoms with E-state index < -0.39 is 5.97 Å². The largest absolute Gasteiger partial charge is 0.452 e. The molecule has 0 radical (unpaired) electrons. The Bertz CT molecular complexity index is 1360. The van der Waals surface area contributed by atoms with Gasteiger partial charge in [0.15, 0.2) is 12.2 Å². The Balaban J connectivity index is 1.38. The Morgan fingerprint density at radius 1 is 1.00 bits per heavy atom. The molecule has 1 aliphatic heterocycles. The van der Waals surface area contributed by atoms with Crippen molar-refractivity contribution in [3.8, 4) is 11.5 Å². The summed E-state index contributed by atoms with van der Waals surface area (Å²) >= 11 is 0. The van der Waals surface area contributed by atoms with E-state index in [2.05, 4.69) is 4.98 Å². The number of amides is 2. The monoisotopic (exact) mass is 457 g/mol. The number of nitrogens with two attached hydrogens (primary N) is 1. The summed E-state index contributed by atoms with van der Waals surface area (Å²) in [5.74, 6) is -1.05. The van der Waals surface area contributed by atoms with Crippen molar-refractivity contribution in [2.75, 3.05) is 19.7 Å².